The van der Waals surface area contributed by atoms with Gasteiger partial charge in [0.1, 0.15) is 18.0 Å². The fourth-order valence-corrected chi connectivity index (χ4v) is 4.13. The molecule has 0 bridgehead atoms. The van der Waals surface area contributed by atoms with Crippen molar-refractivity contribution in [3.8, 4) is 5.75 Å². The molecular formula is C29H41ClN4O5. The highest BCUT2D eigenvalue weighted by Crippen LogP contribution is 2.24. The van der Waals surface area contributed by atoms with Gasteiger partial charge in [-0.2, -0.15) is 0 Å². The maximum absolute atomic E-state index is 13.4. The fraction of sp³-hybridized carbons (Fsp3) is 0.517. The Morgan fingerprint density at radius 1 is 1.00 bits per heavy atom. The van der Waals surface area contributed by atoms with Crippen LogP contribution in [0.4, 0.5) is 10.5 Å². The Labute approximate surface area is 237 Å². The minimum Gasteiger partial charge on any atom is -0.492 e. The van der Waals surface area contributed by atoms with Crippen LogP contribution >= 0.6 is 11.6 Å². The van der Waals surface area contributed by atoms with Crippen molar-refractivity contribution in [1.29, 1.82) is 0 Å². The number of aromatic nitrogens is 1. The number of benzene rings is 1. The summed E-state index contributed by atoms with van der Waals surface area (Å²) in [4.78, 5) is 47.7. The lowest BCUT2D eigenvalue weighted by atomic mass is 10.1. The quantitative estimate of drug-likeness (QED) is 0.332. The highest BCUT2D eigenvalue weighted by Gasteiger charge is 2.24. The highest BCUT2D eigenvalue weighted by atomic mass is 35.5. The Kier molecular flexibility index (Phi) is 12.0. The summed E-state index contributed by atoms with van der Waals surface area (Å²) in [5, 5.41) is 0.344. The van der Waals surface area contributed by atoms with Gasteiger partial charge in [-0.15, -0.1) is 0 Å². The summed E-state index contributed by atoms with van der Waals surface area (Å²) in [5.41, 5.74) is 0.320. The van der Waals surface area contributed by atoms with Crippen LogP contribution in [0.15, 0.2) is 42.7 Å². The van der Waals surface area contributed by atoms with Gasteiger partial charge in [0.15, 0.2) is 0 Å². The second kappa shape index (κ2) is 14.7. The third-order valence-corrected chi connectivity index (χ3v) is 6.08. The van der Waals surface area contributed by atoms with E-state index in [0.717, 1.165) is 0 Å². The molecule has 10 heteroatoms. The van der Waals surface area contributed by atoms with Crippen molar-refractivity contribution in [1.82, 2.24) is 14.8 Å². The van der Waals surface area contributed by atoms with Gasteiger partial charge >= 0.3 is 6.09 Å². The summed E-state index contributed by atoms with van der Waals surface area (Å²) in [5.74, 6) is 0.168. The predicted molar refractivity (Wildman–Crippen MR) is 153 cm³/mol. The van der Waals surface area contributed by atoms with Crippen LogP contribution in [0.5, 0.6) is 5.75 Å². The average Bonchev–Trinajstić information content (AvgIpc) is 2.86. The molecule has 0 atom stereocenters. The number of anilines is 1. The molecule has 2 aromatic rings. The molecule has 2 rings (SSSR count). The van der Waals surface area contributed by atoms with Crippen LogP contribution in [-0.4, -0.2) is 77.1 Å². The Balaban J connectivity index is 2.14. The van der Waals surface area contributed by atoms with E-state index in [9.17, 15) is 14.4 Å². The summed E-state index contributed by atoms with van der Waals surface area (Å²) in [6, 6.07) is 8.14. The number of halogens is 1. The number of amides is 3. The molecule has 0 aliphatic heterocycles. The predicted octanol–water partition coefficient (Wildman–Crippen LogP) is 5.66. The monoisotopic (exact) mass is 560 g/mol. The van der Waals surface area contributed by atoms with Crippen molar-refractivity contribution in [2.24, 2.45) is 0 Å². The molecule has 0 spiro atoms. The number of rotatable bonds is 12. The first-order valence-corrected chi connectivity index (χ1v) is 13.7. The van der Waals surface area contributed by atoms with Crippen molar-refractivity contribution in [3.63, 3.8) is 0 Å². The minimum atomic E-state index is -0.663. The van der Waals surface area contributed by atoms with Gasteiger partial charge in [0.25, 0.3) is 5.91 Å². The number of hydrogen-bond acceptors (Lipinski definition) is 6. The standard InChI is InChI=1S/C29H41ClN4O5/c1-8-32(9-2)26(35)12-15-33(21(3)4)27(36)22-18-23(30)20-25(19-22)38-17-16-34(24-10-13-31-14-11-24)28(37)39-29(5,6)7/h10-11,13-14,18-21H,8-9,12,15-17H2,1-7H3. The van der Waals surface area contributed by atoms with Crippen LogP contribution in [-0.2, 0) is 9.53 Å². The molecule has 0 aliphatic carbocycles. The van der Waals surface area contributed by atoms with Gasteiger partial charge < -0.3 is 19.3 Å². The van der Waals surface area contributed by atoms with Crippen molar-refractivity contribution in [2.45, 2.75) is 66.5 Å². The highest BCUT2D eigenvalue weighted by molar-refractivity contribution is 6.31. The fourth-order valence-electron chi connectivity index (χ4n) is 3.90. The summed E-state index contributed by atoms with van der Waals surface area (Å²) in [7, 11) is 0. The zero-order valence-corrected chi connectivity index (χ0v) is 24.8. The Morgan fingerprint density at radius 3 is 2.21 bits per heavy atom. The first-order chi connectivity index (χ1) is 18.4. The Hall–Kier alpha value is -3.33. The molecular weight excluding hydrogens is 520 g/mol. The number of carbonyl (C=O) groups excluding carboxylic acids is 3. The van der Waals surface area contributed by atoms with E-state index in [1.165, 1.54) is 4.90 Å². The third kappa shape index (κ3) is 10.1. The molecule has 0 radical (unpaired) electrons. The molecule has 0 fully saturated rings. The second-order valence-corrected chi connectivity index (χ2v) is 10.7. The van der Waals surface area contributed by atoms with Gasteiger partial charge in [0, 0.05) is 55.1 Å². The normalized spacial score (nSPS) is 11.2. The SMILES string of the molecule is CCN(CC)C(=O)CCN(C(=O)c1cc(Cl)cc(OCCN(C(=O)OC(C)(C)C)c2ccncc2)c1)C(C)C. The lowest BCUT2D eigenvalue weighted by Crippen LogP contribution is -2.40. The van der Waals surface area contributed by atoms with Crippen LogP contribution in [0.2, 0.25) is 5.02 Å². The van der Waals surface area contributed by atoms with Crippen molar-refractivity contribution in [2.75, 3.05) is 37.7 Å². The van der Waals surface area contributed by atoms with Gasteiger partial charge in [0.2, 0.25) is 5.91 Å². The first-order valence-electron chi connectivity index (χ1n) is 13.3. The van der Waals surface area contributed by atoms with E-state index in [-0.39, 0.29) is 37.4 Å². The van der Waals surface area contributed by atoms with E-state index < -0.39 is 11.7 Å². The van der Waals surface area contributed by atoms with E-state index >= 15 is 0 Å². The summed E-state index contributed by atoms with van der Waals surface area (Å²) >= 11 is 6.34. The molecule has 9 nitrogen and oxygen atoms in total. The lowest BCUT2D eigenvalue weighted by Gasteiger charge is -2.28. The molecule has 0 saturated heterocycles. The topological polar surface area (TPSA) is 92.3 Å². The smallest absolute Gasteiger partial charge is 0.414 e. The zero-order chi connectivity index (χ0) is 29.2. The van der Waals surface area contributed by atoms with Gasteiger partial charge in [-0.1, -0.05) is 11.6 Å². The number of pyridine rings is 1. The molecule has 0 aliphatic rings. The lowest BCUT2D eigenvalue weighted by molar-refractivity contribution is -0.131. The number of hydrogen-bond donors (Lipinski definition) is 0. The van der Waals surface area contributed by atoms with Crippen LogP contribution < -0.4 is 9.64 Å². The molecule has 39 heavy (non-hydrogen) atoms. The molecule has 214 valence electrons. The largest absolute Gasteiger partial charge is 0.492 e. The summed E-state index contributed by atoms with van der Waals surface area (Å²) in [6.07, 6.45) is 2.92. The summed E-state index contributed by atoms with van der Waals surface area (Å²) < 4.78 is 11.5. The zero-order valence-electron chi connectivity index (χ0n) is 24.1. The van der Waals surface area contributed by atoms with E-state index in [0.29, 0.717) is 41.7 Å². The number of ether oxygens (including phenoxy) is 2. The molecule has 0 unspecified atom stereocenters. The van der Waals surface area contributed by atoms with Crippen molar-refractivity contribution in [3.05, 3.63) is 53.3 Å². The van der Waals surface area contributed by atoms with E-state index in [2.05, 4.69) is 4.98 Å². The van der Waals surface area contributed by atoms with Gasteiger partial charge in [-0.3, -0.25) is 19.5 Å². The van der Waals surface area contributed by atoms with Gasteiger partial charge in [-0.25, -0.2) is 4.79 Å². The average molecular weight is 561 g/mol. The van der Waals surface area contributed by atoms with E-state index in [1.807, 2.05) is 27.7 Å². The van der Waals surface area contributed by atoms with Gasteiger partial charge in [-0.05, 0) is 78.8 Å². The molecule has 1 heterocycles. The number of nitrogens with zero attached hydrogens (tertiary/aromatic N) is 4. The maximum Gasteiger partial charge on any atom is 0.414 e. The van der Waals surface area contributed by atoms with E-state index in [1.54, 1.807) is 73.3 Å². The van der Waals surface area contributed by atoms with Gasteiger partial charge in [0.05, 0.1) is 12.2 Å². The van der Waals surface area contributed by atoms with Crippen LogP contribution in [0.1, 0.15) is 65.2 Å². The van der Waals surface area contributed by atoms with Crippen LogP contribution in [0, 0.1) is 0 Å². The molecule has 1 aromatic carbocycles. The maximum atomic E-state index is 13.4. The minimum absolute atomic E-state index is 0.0114. The molecule has 0 saturated carbocycles. The first kappa shape index (κ1) is 31.9. The molecule has 0 N–H and O–H groups in total. The van der Waals surface area contributed by atoms with Crippen molar-refractivity contribution < 1.29 is 23.9 Å². The molecule has 1 aromatic heterocycles. The second-order valence-electron chi connectivity index (χ2n) is 10.3. The Morgan fingerprint density at radius 2 is 1.64 bits per heavy atom. The third-order valence-electron chi connectivity index (χ3n) is 5.86. The molecule has 3 amide bonds. The van der Waals surface area contributed by atoms with Crippen LogP contribution in [0.3, 0.4) is 0 Å². The Bertz CT molecular complexity index is 1100. The van der Waals surface area contributed by atoms with Crippen molar-refractivity contribution >= 4 is 35.2 Å². The summed E-state index contributed by atoms with van der Waals surface area (Å²) in [6.45, 7) is 15.0. The van der Waals surface area contributed by atoms with Crippen LogP contribution in [0.25, 0.3) is 0 Å². The number of carbonyl (C=O) groups is 3. The van der Waals surface area contributed by atoms with E-state index in [4.69, 9.17) is 21.1 Å².